The molecule has 0 radical (unpaired) electrons. The minimum atomic E-state index is -0.262. The fraction of sp³-hybridized carbons (Fsp3) is 0.550. The Labute approximate surface area is 164 Å². The Morgan fingerprint density at radius 3 is 2.78 bits per heavy atom. The lowest BCUT2D eigenvalue weighted by atomic mass is 9.89. The molecule has 0 spiro atoms. The lowest BCUT2D eigenvalue weighted by molar-refractivity contribution is -0.117. The van der Waals surface area contributed by atoms with E-state index in [2.05, 4.69) is 16.3 Å². The Morgan fingerprint density at radius 1 is 1.19 bits per heavy atom. The summed E-state index contributed by atoms with van der Waals surface area (Å²) in [4.78, 5) is 15.0. The molecule has 0 saturated heterocycles. The van der Waals surface area contributed by atoms with Crippen molar-refractivity contribution in [1.29, 1.82) is 0 Å². The summed E-state index contributed by atoms with van der Waals surface area (Å²) in [7, 11) is 0. The molecule has 1 aromatic heterocycles. The monoisotopic (exact) mass is 385 g/mol. The Morgan fingerprint density at radius 2 is 1.96 bits per heavy atom. The minimum Gasteiger partial charge on any atom is -0.336 e. The van der Waals surface area contributed by atoms with Crippen molar-refractivity contribution in [2.24, 2.45) is 0 Å². The van der Waals surface area contributed by atoms with E-state index in [0.29, 0.717) is 11.1 Å². The third-order valence-electron chi connectivity index (χ3n) is 5.67. The van der Waals surface area contributed by atoms with E-state index in [4.69, 9.17) is 5.84 Å². The van der Waals surface area contributed by atoms with Crippen LogP contribution in [0.15, 0.2) is 29.4 Å². The average molecular weight is 386 g/mol. The number of para-hydroxylation sites is 1. The SMILES string of the molecule is C[C@H](Sc1nnc(C2CCCCC2)n1N)C(=O)N1CCCc2ccccc21. The van der Waals surface area contributed by atoms with Gasteiger partial charge in [-0.3, -0.25) is 4.79 Å². The fourth-order valence-corrected chi connectivity index (χ4v) is 5.04. The number of carbonyl (C=O) groups excluding carboxylic acids is 1. The fourth-order valence-electron chi connectivity index (χ4n) is 4.20. The molecule has 2 aromatic rings. The Kier molecular flexibility index (Phi) is 5.38. The number of benzene rings is 1. The maximum Gasteiger partial charge on any atom is 0.240 e. The normalized spacial score (nSPS) is 18.9. The Bertz CT molecular complexity index is 814. The number of aromatic nitrogens is 3. The van der Waals surface area contributed by atoms with Crippen LogP contribution in [-0.4, -0.2) is 32.6 Å². The van der Waals surface area contributed by atoms with E-state index < -0.39 is 0 Å². The number of fused-ring (bicyclic) bond motifs is 1. The molecule has 0 bridgehead atoms. The number of carbonyl (C=O) groups is 1. The van der Waals surface area contributed by atoms with E-state index in [0.717, 1.165) is 43.7 Å². The number of hydrogen-bond donors (Lipinski definition) is 1. The molecule has 1 aliphatic carbocycles. The summed E-state index contributed by atoms with van der Waals surface area (Å²) in [5.41, 5.74) is 2.29. The number of thioether (sulfide) groups is 1. The van der Waals surface area contributed by atoms with E-state index in [-0.39, 0.29) is 11.2 Å². The van der Waals surface area contributed by atoms with Crippen molar-refractivity contribution in [3.05, 3.63) is 35.7 Å². The quantitative estimate of drug-likeness (QED) is 0.644. The van der Waals surface area contributed by atoms with Crippen molar-refractivity contribution in [3.8, 4) is 0 Å². The first kappa shape index (κ1) is 18.3. The molecule has 2 N–H and O–H groups in total. The van der Waals surface area contributed by atoms with Crippen LogP contribution in [0.2, 0.25) is 0 Å². The first-order valence-electron chi connectivity index (χ1n) is 9.91. The summed E-state index contributed by atoms with van der Waals surface area (Å²) in [6.07, 6.45) is 8.02. The highest BCUT2D eigenvalue weighted by atomic mass is 32.2. The summed E-state index contributed by atoms with van der Waals surface area (Å²) in [5.74, 6) is 7.64. The van der Waals surface area contributed by atoms with Gasteiger partial charge < -0.3 is 10.7 Å². The zero-order valence-corrected chi connectivity index (χ0v) is 16.6. The maximum atomic E-state index is 13.1. The summed E-state index contributed by atoms with van der Waals surface area (Å²) in [6.45, 7) is 2.70. The van der Waals surface area contributed by atoms with E-state index >= 15 is 0 Å². The second kappa shape index (κ2) is 7.92. The molecule has 27 heavy (non-hydrogen) atoms. The van der Waals surface area contributed by atoms with Crippen LogP contribution >= 0.6 is 11.8 Å². The van der Waals surface area contributed by atoms with Crippen LogP contribution in [0.1, 0.15) is 62.8 Å². The van der Waals surface area contributed by atoms with Crippen LogP contribution < -0.4 is 10.7 Å². The van der Waals surface area contributed by atoms with Gasteiger partial charge in [0.15, 0.2) is 5.82 Å². The molecular weight excluding hydrogens is 358 g/mol. The average Bonchev–Trinajstić information content (AvgIpc) is 3.08. The van der Waals surface area contributed by atoms with Gasteiger partial charge in [0.25, 0.3) is 0 Å². The molecule has 1 saturated carbocycles. The van der Waals surface area contributed by atoms with Gasteiger partial charge in [-0.05, 0) is 44.2 Å². The lowest BCUT2D eigenvalue weighted by Crippen LogP contribution is -2.40. The van der Waals surface area contributed by atoms with Crippen molar-refractivity contribution < 1.29 is 4.79 Å². The zero-order chi connectivity index (χ0) is 18.8. The summed E-state index contributed by atoms with van der Waals surface area (Å²) < 4.78 is 1.61. The number of nitrogens with two attached hydrogens (primary N) is 1. The third-order valence-corrected chi connectivity index (χ3v) is 6.71. The lowest BCUT2D eigenvalue weighted by Gasteiger charge is -2.31. The van der Waals surface area contributed by atoms with Crippen LogP contribution in [0, 0.1) is 0 Å². The maximum absolute atomic E-state index is 13.1. The van der Waals surface area contributed by atoms with Crippen LogP contribution in [0.3, 0.4) is 0 Å². The van der Waals surface area contributed by atoms with Crippen molar-refractivity contribution >= 4 is 23.4 Å². The smallest absolute Gasteiger partial charge is 0.240 e. The number of aryl methyl sites for hydroxylation is 1. The number of anilines is 1. The molecule has 0 unspecified atom stereocenters. The molecule has 2 heterocycles. The number of amides is 1. The predicted molar refractivity (Wildman–Crippen MR) is 108 cm³/mol. The second-order valence-corrected chi connectivity index (χ2v) is 8.84. The van der Waals surface area contributed by atoms with Gasteiger partial charge >= 0.3 is 0 Å². The summed E-state index contributed by atoms with van der Waals surface area (Å²) >= 11 is 1.40. The van der Waals surface area contributed by atoms with E-state index in [1.165, 1.54) is 36.6 Å². The van der Waals surface area contributed by atoms with Gasteiger partial charge in [-0.15, -0.1) is 10.2 Å². The number of nitrogens with zero attached hydrogens (tertiary/aromatic N) is 4. The predicted octanol–water partition coefficient (Wildman–Crippen LogP) is 3.50. The summed E-state index contributed by atoms with van der Waals surface area (Å²) in [6, 6.07) is 8.18. The second-order valence-electron chi connectivity index (χ2n) is 7.53. The van der Waals surface area contributed by atoms with Crippen molar-refractivity contribution in [2.75, 3.05) is 17.3 Å². The topological polar surface area (TPSA) is 77.0 Å². The van der Waals surface area contributed by atoms with Crippen LogP contribution in [0.4, 0.5) is 5.69 Å². The van der Waals surface area contributed by atoms with E-state index in [1.807, 2.05) is 30.0 Å². The van der Waals surface area contributed by atoms with Crippen LogP contribution in [-0.2, 0) is 11.2 Å². The van der Waals surface area contributed by atoms with Crippen molar-refractivity contribution in [3.63, 3.8) is 0 Å². The molecule has 1 amide bonds. The van der Waals surface area contributed by atoms with Crippen molar-refractivity contribution in [2.45, 2.75) is 68.2 Å². The molecular formula is C20H27N5OS. The van der Waals surface area contributed by atoms with Gasteiger partial charge in [0.1, 0.15) is 0 Å². The number of rotatable bonds is 4. The minimum absolute atomic E-state index is 0.106. The van der Waals surface area contributed by atoms with Crippen LogP contribution in [0.25, 0.3) is 0 Å². The molecule has 1 aromatic carbocycles. The third kappa shape index (κ3) is 3.70. The van der Waals surface area contributed by atoms with Gasteiger partial charge in [0.05, 0.1) is 5.25 Å². The van der Waals surface area contributed by atoms with Gasteiger partial charge in [-0.2, -0.15) is 0 Å². The molecule has 7 heteroatoms. The number of hydrogen-bond acceptors (Lipinski definition) is 5. The highest BCUT2D eigenvalue weighted by Crippen LogP contribution is 2.34. The standard InChI is InChI=1S/C20H27N5OS/c1-14(19(26)24-13-7-11-15-8-5-6-12-17(15)24)27-20-23-22-18(25(20)21)16-9-3-2-4-10-16/h5-6,8,12,14,16H,2-4,7,9-11,13,21H2,1H3/t14-/m0/s1. The molecule has 4 rings (SSSR count). The molecule has 2 aliphatic rings. The van der Waals surface area contributed by atoms with Gasteiger partial charge in [0, 0.05) is 18.2 Å². The van der Waals surface area contributed by atoms with Crippen LogP contribution in [0.5, 0.6) is 0 Å². The zero-order valence-electron chi connectivity index (χ0n) is 15.8. The molecule has 144 valence electrons. The largest absolute Gasteiger partial charge is 0.336 e. The van der Waals surface area contributed by atoms with E-state index in [9.17, 15) is 4.79 Å². The molecule has 1 atom stereocenters. The Hall–Kier alpha value is -2.02. The molecule has 1 aliphatic heterocycles. The van der Waals surface area contributed by atoms with Gasteiger partial charge in [0.2, 0.25) is 11.1 Å². The first-order chi connectivity index (χ1) is 13.1. The molecule has 1 fully saturated rings. The van der Waals surface area contributed by atoms with Crippen molar-refractivity contribution in [1.82, 2.24) is 14.9 Å². The van der Waals surface area contributed by atoms with Gasteiger partial charge in [-0.25, -0.2) is 4.68 Å². The van der Waals surface area contributed by atoms with Gasteiger partial charge in [-0.1, -0.05) is 49.2 Å². The highest BCUT2D eigenvalue weighted by Gasteiger charge is 2.29. The first-order valence-corrected chi connectivity index (χ1v) is 10.8. The summed E-state index contributed by atoms with van der Waals surface area (Å²) in [5, 5.41) is 8.99. The Balaban J connectivity index is 1.47. The number of nitrogen functional groups attached to an aromatic ring is 1. The van der Waals surface area contributed by atoms with E-state index in [1.54, 1.807) is 4.68 Å². The molecule has 6 nitrogen and oxygen atoms in total. The highest BCUT2D eigenvalue weighted by molar-refractivity contribution is 8.00.